The fourth-order valence-electron chi connectivity index (χ4n) is 2.06. The molecule has 0 aliphatic rings. The van der Waals surface area contributed by atoms with E-state index in [1.165, 1.54) is 4.88 Å². The molecule has 0 N–H and O–H groups in total. The summed E-state index contributed by atoms with van der Waals surface area (Å²) >= 11 is 7.78. The normalized spacial score (nSPS) is 11.2. The van der Waals surface area contributed by atoms with E-state index in [1.54, 1.807) is 11.3 Å². The van der Waals surface area contributed by atoms with E-state index >= 15 is 0 Å². The number of nitrogens with zero attached hydrogens (tertiary/aromatic N) is 2. The van der Waals surface area contributed by atoms with Gasteiger partial charge >= 0.3 is 0 Å². The van der Waals surface area contributed by atoms with Gasteiger partial charge in [-0.05, 0) is 30.5 Å². The van der Waals surface area contributed by atoms with E-state index < -0.39 is 0 Å². The van der Waals surface area contributed by atoms with Crippen LogP contribution in [0.2, 0.25) is 0 Å². The molecule has 3 rings (SSSR count). The largest absolute Gasteiger partial charge is 0.299 e. The van der Waals surface area contributed by atoms with E-state index in [9.17, 15) is 0 Å². The molecule has 3 aromatic heterocycles. The number of hydrogen-bond donors (Lipinski definition) is 0. The van der Waals surface area contributed by atoms with Crippen LogP contribution < -0.4 is 0 Å². The minimum atomic E-state index is 0.471. The molecule has 0 radical (unpaired) electrons. The van der Waals surface area contributed by atoms with Crippen LogP contribution in [-0.4, -0.2) is 9.38 Å². The van der Waals surface area contributed by atoms with Gasteiger partial charge in [0.25, 0.3) is 0 Å². The maximum atomic E-state index is 6.09. The summed E-state index contributed by atoms with van der Waals surface area (Å²) < 4.78 is 2.13. The SMILES string of the molecule is Cc1cccc2nc(-c3cccs3)c(CCl)n12. The Morgan fingerprint density at radius 3 is 2.88 bits per heavy atom. The van der Waals surface area contributed by atoms with Crippen molar-refractivity contribution in [2.45, 2.75) is 12.8 Å². The summed E-state index contributed by atoms with van der Waals surface area (Å²) in [5.41, 5.74) is 4.20. The molecular weight excluding hydrogens is 252 g/mol. The predicted octanol–water partition coefficient (Wildman–Crippen LogP) is 4.11. The summed E-state index contributed by atoms with van der Waals surface area (Å²) in [4.78, 5) is 5.85. The molecule has 0 spiro atoms. The Bertz CT molecular complexity index is 655. The molecule has 0 aliphatic heterocycles. The van der Waals surface area contributed by atoms with Gasteiger partial charge in [-0.25, -0.2) is 4.98 Å². The van der Waals surface area contributed by atoms with Gasteiger partial charge in [-0.2, -0.15) is 0 Å². The number of pyridine rings is 1. The quantitative estimate of drug-likeness (QED) is 0.636. The zero-order chi connectivity index (χ0) is 11.8. The lowest BCUT2D eigenvalue weighted by Gasteiger charge is -2.03. The smallest absolute Gasteiger partial charge is 0.137 e. The Labute approximate surface area is 108 Å². The van der Waals surface area contributed by atoms with Crippen LogP contribution in [0, 0.1) is 6.92 Å². The molecule has 0 amide bonds. The van der Waals surface area contributed by atoms with Crippen molar-refractivity contribution >= 4 is 28.6 Å². The van der Waals surface area contributed by atoms with Gasteiger partial charge in [0.1, 0.15) is 11.3 Å². The molecule has 0 aliphatic carbocycles. The highest BCUT2D eigenvalue weighted by Crippen LogP contribution is 2.29. The maximum Gasteiger partial charge on any atom is 0.137 e. The highest BCUT2D eigenvalue weighted by atomic mass is 35.5. The first-order valence-electron chi connectivity index (χ1n) is 5.38. The summed E-state index contributed by atoms with van der Waals surface area (Å²) in [6, 6.07) is 10.2. The Hall–Kier alpha value is -1.32. The van der Waals surface area contributed by atoms with E-state index in [1.807, 2.05) is 18.2 Å². The third kappa shape index (κ3) is 1.66. The predicted molar refractivity (Wildman–Crippen MR) is 72.8 cm³/mol. The molecule has 0 saturated heterocycles. The average Bonchev–Trinajstić information content (AvgIpc) is 2.95. The van der Waals surface area contributed by atoms with Crippen molar-refractivity contribution in [1.29, 1.82) is 0 Å². The highest BCUT2D eigenvalue weighted by molar-refractivity contribution is 7.13. The molecule has 0 unspecified atom stereocenters. The minimum absolute atomic E-state index is 0.471. The Balaban J connectivity index is 2.37. The summed E-state index contributed by atoms with van der Waals surface area (Å²) in [6.45, 7) is 2.07. The molecule has 3 heterocycles. The van der Waals surface area contributed by atoms with Crippen LogP contribution in [0.5, 0.6) is 0 Å². The molecule has 4 heteroatoms. The second-order valence-corrected chi connectivity index (χ2v) is 5.09. The van der Waals surface area contributed by atoms with Gasteiger partial charge in [0.2, 0.25) is 0 Å². The lowest BCUT2D eigenvalue weighted by molar-refractivity contribution is 1.03. The lowest BCUT2D eigenvalue weighted by atomic mass is 10.3. The maximum absolute atomic E-state index is 6.09. The molecule has 0 aromatic carbocycles. The average molecular weight is 263 g/mol. The fourth-order valence-corrected chi connectivity index (χ4v) is 3.04. The van der Waals surface area contributed by atoms with Crippen molar-refractivity contribution in [3.8, 4) is 10.6 Å². The van der Waals surface area contributed by atoms with Crippen LogP contribution in [0.1, 0.15) is 11.4 Å². The summed E-state index contributed by atoms with van der Waals surface area (Å²) in [6.07, 6.45) is 0. The van der Waals surface area contributed by atoms with Crippen LogP contribution >= 0.6 is 22.9 Å². The molecule has 0 bridgehead atoms. The number of thiophene rings is 1. The van der Waals surface area contributed by atoms with Gasteiger partial charge in [0.05, 0.1) is 16.5 Å². The zero-order valence-electron chi connectivity index (χ0n) is 9.35. The van der Waals surface area contributed by atoms with Gasteiger partial charge in [-0.1, -0.05) is 12.1 Å². The van der Waals surface area contributed by atoms with Crippen LogP contribution in [-0.2, 0) is 5.88 Å². The van der Waals surface area contributed by atoms with Gasteiger partial charge in [-0.15, -0.1) is 22.9 Å². The highest BCUT2D eigenvalue weighted by Gasteiger charge is 2.14. The zero-order valence-corrected chi connectivity index (χ0v) is 10.9. The number of hydrogen-bond acceptors (Lipinski definition) is 2. The number of imidazole rings is 1. The Morgan fingerprint density at radius 2 is 2.18 bits per heavy atom. The Kier molecular flexibility index (Phi) is 2.65. The van der Waals surface area contributed by atoms with Crippen molar-refractivity contribution in [2.24, 2.45) is 0 Å². The molecule has 3 aromatic rings. The summed E-state index contributed by atoms with van der Waals surface area (Å²) in [7, 11) is 0. The van der Waals surface area contributed by atoms with Gasteiger partial charge in [0, 0.05) is 5.69 Å². The van der Waals surface area contributed by atoms with Gasteiger partial charge in [0.15, 0.2) is 0 Å². The second-order valence-electron chi connectivity index (χ2n) is 3.88. The topological polar surface area (TPSA) is 17.3 Å². The van der Waals surface area contributed by atoms with Crippen LogP contribution in [0.15, 0.2) is 35.7 Å². The minimum Gasteiger partial charge on any atom is -0.299 e. The Morgan fingerprint density at radius 1 is 1.29 bits per heavy atom. The van der Waals surface area contributed by atoms with Crippen molar-refractivity contribution < 1.29 is 0 Å². The van der Waals surface area contributed by atoms with E-state index in [4.69, 9.17) is 11.6 Å². The fraction of sp³-hybridized carbons (Fsp3) is 0.154. The molecule has 86 valence electrons. The van der Waals surface area contributed by atoms with E-state index in [0.717, 1.165) is 22.7 Å². The van der Waals surface area contributed by atoms with Gasteiger partial charge < -0.3 is 0 Å². The molecule has 17 heavy (non-hydrogen) atoms. The van der Waals surface area contributed by atoms with E-state index in [2.05, 4.69) is 33.8 Å². The second kappa shape index (κ2) is 4.17. The molecule has 0 saturated carbocycles. The van der Waals surface area contributed by atoms with Crippen molar-refractivity contribution in [3.05, 3.63) is 47.1 Å². The lowest BCUT2D eigenvalue weighted by Crippen LogP contribution is -1.95. The first kappa shape index (κ1) is 10.8. The number of alkyl halides is 1. The van der Waals surface area contributed by atoms with E-state index in [-0.39, 0.29) is 0 Å². The number of fused-ring (bicyclic) bond motifs is 1. The summed E-state index contributed by atoms with van der Waals surface area (Å²) in [5.74, 6) is 0.471. The first-order chi connectivity index (χ1) is 8.31. The molecule has 2 nitrogen and oxygen atoms in total. The van der Waals surface area contributed by atoms with Crippen molar-refractivity contribution in [3.63, 3.8) is 0 Å². The third-order valence-electron chi connectivity index (χ3n) is 2.82. The van der Waals surface area contributed by atoms with Crippen LogP contribution in [0.3, 0.4) is 0 Å². The number of rotatable bonds is 2. The standard InChI is InChI=1S/C13H11ClN2S/c1-9-4-2-6-12-15-13(10(8-14)16(9)12)11-5-3-7-17-11/h2-7H,8H2,1H3. The number of aryl methyl sites for hydroxylation is 1. The molecule has 0 fully saturated rings. The van der Waals surface area contributed by atoms with Crippen LogP contribution in [0.25, 0.3) is 16.2 Å². The number of halogens is 1. The summed E-state index contributed by atoms with van der Waals surface area (Å²) in [5, 5.41) is 2.06. The van der Waals surface area contributed by atoms with E-state index in [0.29, 0.717) is 5.88 Å². The monoisotopic (exact) mass is 262 g/mol. The van der Waals surface area contributed by atoms with Gasteiger partial charge in [-0.3, -0.25) is 4.40 Å². The number of aromatic nitrogens is 2. The molecular formula is C13H11ClN2S. The van der Waals surface area contributed by atoms with Crippen molar-refractivity contribution in [1.82, 2.24) is 9.38 Å². The van der Waals surface area contributed by atoms with Crippen molar-refractivity contribution in [2.75, 3.05) is 0 Å². The first-order valence-corrected chi connectivity index (χ1v) is 6.79. The van der Waals surface area contributed by atoms with Crippen LogP contribution in [0.4, 0.5) is 0 Å². The third-order valence-corrected chi connectivity index (χ3v) is 3.95. The molecule has 0 atom stereocenters.